The van der Waals surface area contributed by atoms with Crippen LogP contribution in [0.1, 0.15) is 48.8 Å². The third kappa shape index (κ3) is 8.69. The highest BCUT2D eigenvalue weighted by Gasteiger charge is 2.28. The summed E-state index contributed by atoms with van der Waals surface area (Å²) in [5, 5.41) is 19.3. The lowest BCUT2D eigenvalue weighted by Crippen LogP contribution is -2.23. The maximum absolute atomic E-state index is 12.2. The Labute approximate surface area is 277 Å². The van der Waals surface area contributed by atoms with E-state index >= 15 is 0 Å². The standard InChI is InChI=1S/C34H36N2O7S3/c37-30-19-20-31(38)36(30)43-32(39)18-5-2-10-21-44-34(45-22-11-23-46(40,41)42)33-26-14-6-8-16-28(26)35(24-25-12-3-1-4-13-25)29-17-9-7-15-27(29)33/h1,3-4,6-9,12-17,19-20,37-38H,2,5,10-11,18,21-24H2,(H,40,41,42). The highest BCUT2D eigenvalue weighted by molar-refractivity contribution is 8.22. The van der Waals surface area contributed by atoms with Gasteiger partial charge in [-0.3, -0.25) is 4.55 Å². The molecule has 3 N–H and O–H groups in total. The van der Waals surface area contributed by atoms with Gasteiger partial charge >= 0.3 is 5.97 Å². The lowest BCUT2D eigenvalue weighted by Gasteiger charge is -2.35. The lowest BCUT2D eigenvalue weighted by atomic mass is 9.91. The zero-order chi connectivity index (χ0) is 32.5. The third-order valence-corrected chi connectivity index (χ3v) is 10.8. The molecule has 0 saturated carbocycles. The van der Waals surface area contributed by atoms with Gasteiger partial charge in [-0.1, -0.05) is 73.2 Å². The van der Waals surface area contributed by atoms with E-state index in [1.807, 2.05) is 42.5 Å². The SMILES string of the molecule is O=C(CCCCCSC(SCCCS(=O)(=O)O)=C1c2ccccc2N(Cc2ccccc2)c2ccccc21)On1c(O)ccc1O. The number of thioether (sulfide) groups is 2. The summed E-state index contributed by atoms with van der Waals surface area (Å²) in [4.78, 5) is 19.6. The minimum Gasteiger partial charge on any atom is -0.492 e. The van der Waals surface area contributed by atoms with Crippen molar-refractivity contribution in [2.24, 2.45) is 0 Å². The Morgan fingerprint density at radius 1 is 0.717 bits per heavy atom. The van der Waals surface area contributed by atoms with E-state index in [4.69, 9.17) is 4.84 Å². The molecule has 0 radical (unpaired) electrons. The number of rotatable bonds is 15. The normalized spacial score (nSPS) is 12.5. The Morgan fingerprint density at radius 3 is 1.89 bits per heavy atom. The molecule has 1 aliphatic rings. The van der Waals surface area contributed by atoms with Crippen molar-refractivity contribution in [1.82, 2.24) is 4.73 Å². The Hall–Kier alpha value is -3.84. The number of fused-ring (bicyclic) bond motifs is 2. The molecule has 3 aromatic carbocycles. The van der Waals surface area contributed by atoms with E-state index in [1.54, 1.807) is 23.5 Å². The smallest absolute Gasteiger partial charge is 0.333 e. The zero-order valence-corrected chi connectivity index (χ0v) is 27.6. The molecular formula is C34H36N2O7S3. The molecule has 4 aromatic rings. The van der Waals surface area contributed by atoms with Crippen molar-refractivity contribution in [1.29, 1.82) is 0 Å². The topological polar surface area (TPSA) is 129 Å². The van der Waals surface area contributed by atoms with Crippen LogP contribution in [0, 0.1) is 0 Å². The van der Waals surface area contributed by atoms with Gasteiger partial charge in [0.15, 0.2) is 0 Å². The summed E-state index contributed by atoms with van der Waals surface area (Å²) in [6, 6.07) is 29.5. The van der Waals surface area contributed by atoms with Crippen molar-refractivity contribution in [3.05, 3.63) is 112 Å². The number of aromatic nitrogens is 1. The van der Waals surface area contributed by atoms with Crippen LogP contribution in [0.4, 0.5) is 11.4 Å². The monoisotopic (exact) mass is 680 g/mol. The maximum atomic E-state index is 12.2. The molecule has 0 bridgehead atoms. The van der Waals surface area contributed by atoms with E-state index in [9.17, 15) is 28.0 Å². The van der Waals surface area contributed by atoms with Crippen LogP contribution in [0.5, 0.6) is 11.8 Å². The zero-order valence-electron chi connectivity index (χ0n) is 25.1. The molecule has 46 heavy (non-hydrogen) atoms. The van der Waals surface area contributed by atoms with Crippen LogP contribution < -0.4 is 9.74 Å². The number of hydrogen-bond acceptors (Lipinski definition) is 9. The summed E-state index contributed by atoms with van der Waals surface area (Å²) in [6.45, 7) is 0.706. The minimum absolute atomic E-state index is 0.137. The molecular weight excluding hydrogens is 645 g/mol. The van der Waals surface area contributed by atoms with E-state index in [0.717, 1.165) is 50.9 Å². The molecule has 0 atom stereocenters. The molecule has 9 nitrogen and oxygen atoms in total. The molecule has 0 amide bonds. The van der Waals surface area contributed by atoms with Gasteiger partial charge in [0.2, 0.25) is 11.8 Å². The van der Waals surface area contributed by atoms with Gasteiger partial charge in [0, 0.05) is 57.4 Å². The quantitative estimate of drug-likeness (QED) is 0.0874. The van der Waals surface area contributed by atoms with Crippen molar-refractivity contribution in [2.75, 3.05) is 22.2 Å². The number of hydrogen-bond donors (Lipinski definition) is 3. The Bertz CT molecular complexity index is 1720. The minimum atomic E-state index is -4.05. The Kier molecular flexibility index (Phi) is 11.4. The fraction of sp³-hybridized carbons (Fsp3) is 0.265. The Balaban J connectivity index is 1.34. The van der Waals surface area contributed by atoms with Gasteiger partial charge in [0.05, 0.1) is 5.75 Å². The van der Waals surface area contributed by atoms with E-state index in [2.05, 4.69) is 41.3 Å². The van der Waals surface area contributed by atoms with Gasteiger partial charge in [-0.25, -0.2) is 4.79 Å². The fourth-order valence-corrected chi connectivity index (χ4v) is 8.48. The van der Waals surface area contributed by atoms with Crippen LogP contribution in [0.2, 0.25) is 0 Å². The molecule has 12 heteroatoms. The van der Waals surface area contributed by atoms with E-state index in [0.29, 0.717) is 29.9 Å². The van der Waals surface area contributed by atoms with Gasteiger partial charge in [-0.05, 0) is 48.5 Å². The summed E-state index contributed by atoms with van der Waals surface area (Å²) in [5.41, 5.74) is 6.68. The first-order valence-electron chi connectivity index (χ1n) is 15.0. The van der Waals surface area contributed by atoms with Crippen LogP contribution in [0.25, 0.3) is 5.57 Å². The predicted molar refractivity (Wildman–Crippen MR) is 185 cm³/mol. The fourth-order valence-electron chi connectivity index (χ4n) is 5.22. The molecule has 0 fully saturated rings. The van der Waals surface area contributed by atoms with Crippen molar-refractivity contribution in [2.45, 2.75) is 38.6 Å². The largest absolute Gasteiger partial charge is 0.492 e. The molecule has 2 heterocycles. The number of unbranched alkanes of at least 4 members (excludes halogenated alkanes) is 2. The summed E-state index contributed by atoms with van der Waals surface area (Å²) in [6.07, 6.45) is 2.62. The van der Waals surface area contributed by atoms with E-state index < -0.39 is 16.1 Å². The van der Waals surface area contributed by atoms with Crippen LogP contribution in [-0.2, 0) is 21.5 Å². The predicted octanol–water partition coefficient (Wildman–Crippen LogP) is 7.23. The first kappa shape index (κ1) is 33.5. The molecule has 1 aliphatic heterocycles. The Morgan fingerprint density at radius 2 is 1.28 bits per heavy atom. The summed E-state index contributed by atoms with van der Waals surface area (Å²) in [5.74, 6) is -0.260. The number of nitrogens with zero attached hydrogens (tertiary/aromatic N) is 2. The second-order valence-electron chi connectivity index (χ2n) is 10.7. The van der Waals surface area contributed by atoms with Gasteiger partial charge in [0.25, 0.3) is 10.1 Å². The molecule has 0 saturated heterocycles. The number of anilines is 2. The number of aromatic hydroxyl groups is 2. The number of carbonyl (C=O) groups excluding carboxylic acids is 1. The van der Waals surface area contributed by atoms with Gasteiger partial charge in [0.1, 0.15) is 0 Å². The van der Waals surface area contributed by atoms with E-state index in [1.165, 1.54) is 17.7 Å². The molecule has 1 aromatic heterocycles. The van der Waals surface area contributed by atoms with Crippen LogP contribution in [-0.4, -0.2) is 51.1 Å². The highest BCUT2D eigenvalue weighted by atomic mass is 32.2. The van der Waals surface area contributed by atoms with Crippen LogP contribution >= 0.6 is 23.5 Å². The van der Waals surface area contributed by atoms with Crippen molar-refractivity contribution in [3.63, 3.8) is 0 Å². The number of benzene rings is 3. The summed E-state index contributed by atoms with van der Waals surface area (Å²) >= 11 is 3.31. The second-order valence-corrected chi connectivity index (χ2v) is 14.8. The van der Waals surface area contributed by atoms with Crippen LogP contribution in [0.3, 0.4) is 0 Å². The van der Waals surface area contributed by atoms with Gasteiger partial charge < -0.3 is 20.0 Å². The second kappa shape index (κ2) is 15.6. The summed E-state index contributed by atoms with van der Waals surface area (Å²) < 4.78 is 33.8. The first-order chi connectivity index (χ1) is 22.2. The van der Waals surface area contributed by atoms with E-state index in [-0.39, 0.29) is 23.9 Å². The van der Waals surface area contributed by atoms with Crippen molar-refractivity contribution in [3.8, 4) is 11.8 Å². The maximum Gasteiger partial charge on any atom is 0.333 e. The van der Waals surface area contributed by atoms with Gasteiger partial charge in [-0.2, -0.15) is 8.42 Å². The molecule has 5 rings (SSSR count). The average Bonchev–Trinajstić information content (AvgIpc) is 3.36. The third-order valence-electron chi connectivity index (χ3n) is 7.34. The van der Waals surface area contributed by atoms with Crippen molar-refractivity contribution >= 4 is 56.6 Å². The molecule has 242 valence electrons. The van der Waals surface area contributed by atoms with Gasteiger partial charge in [-0.15, -0.1) is 28.3 Å². The first-order valence-corrected chi connectivity index (χ1v) is 18.6. The average molecular weight is 681 g/mol. The van der Waals surface area contributed by atoms with Crippen molar-refractivity contribution < 1.29 is 32.8 Å². The van der Waals surface area contributed by atoms with Crippen LogP contribution in [0.15, 0.2) is 95.2 Å². The molecule has 0 aliphatic carbocycles. The lowest BCUT2D eigenvalue weighted by molar-refractivity contribution is -0.145. The molecule has 0 unspecified atom stereocenters. The number of carbonyl (C=O) groups is 1. The highest BCUT2D eigenvalue weighted by Crippen LogP contribution is 2.50. The number of para-hydroxylation sites is 2. The summed E-state index contributed by atoms with van der Waals surface area (Å²) in [7, 11) is -4.05. The molecule has 0 spiro atoms.